The summed E-state index contributed by atoms with van der Waals surface area (Å²) in [5, 5.41) is 11.8. The Bertz CT molecular complexity index is 791. The van der Waals surface area contributed by atoms with Crippen LogP contribution >= 0.6 is 0 Å². The normalized spacial score (nSPS) is 25.0. The van der Waals surface area contributed by atoms with Gasteiger partial charge in [-0.3, -0.25) is 4.79 Å². The Morgan fingerprint density at radius 1 is 1.42 bits per heavy atom. The van der Waals surface area contributed by atoms with Gasteiger partial charge in [0, 0.05) is 13.1 Å². The monoisotopic (exact) mass is 354 g/mol. The van der Waals surface area contributed by atoms with E-state index < -0.39 is 16.0 Å². The first-order valence-corrected chi connectivity index (χ1v) is 8.98. The number of carbonyl (C=O) groups is 2. The second-order valence-corrected chi connectivity index (χ2v) is 7.90. The molecular formula is C15H18N2O6S. The molecule has 0 aromatic heterocycles. The molecule has 130 valence electrons. The minimum absolute atomic E-state index is 0.00373. The predicted octanol–water partition coefficient (Wildman–Crippen LogP) is -0.0288. The summed E-state index contributed by atoms with van der Waals surface area (Å²) in [5.74, 6) is -1.35. The number of benzene rings is 1. The molecule has 0 spiro atoms. The molecular weight excluding hydrogens is 336 g/mol. The molecule has 3 rings (SSSR count). The third-order valence-corrected chi connectivity index (χ3v) is 6.21. The molecule has 2 atom stereocenters. The predicted molar refractivity (Wildman–Crippen MR) is 83.2 cm³/mol. The number of ether oxygens (including phenoxy) is 1. The van der Waals surface area contributed by atoms with Crippen molar-refractivity contribution in [1.29, 1.82) is 0 Å². The number of aryl methyl sites for hydroxylation is 1. The fourth-order valence-corrected chi connectivity index (χ4v) is 4.64. The number of amides is 1. The van der Waals surface area contributed by atoms with E-state index in [4.69, 9.17) is 9.84 Å². The molecule has 2 heterocycles. The summed E-state index contributed by atoms with van der Waals surface area (Å²) in [7, 11) is -3.76. The Balaban J connectivity index is 1.84. The van der Waals surface area contributed by atoms with Crippen LogP contribution in [0.3, 0.4) is 0 Å². The zero-order valence-electron chi connectivity index (χ0n) is 13.1. The average Bonchev–Trinajstić information content (AvgIpc) is 2.53. The minimum Gasteiger partial charge on any atom is -0.478 e. The third-order valence-electron chi connectivity index (χ3n) is 4.35. The number of rotatable bonds is 3. The summed E-state index contributed by atoms with van der Waals surface area (Å²) in [4.78, 5) is 22.5. The van der Waals surface area contributed by atoms with Crippen LogP contribution in [0.5, 0.6) is 0 Å². The van der Waals surface area contributed by atoms with Crippen LogP contribution in [0.2, 0.25) is 0 Å². The summed E-state index contributed by atoms with van der Waals surface area (Å²) in [6.45, 7) is 1.99. The van der Waals surface area contributed by atoms with Crippen molar-refractivity contribution in [2.45, 2.75) is 30.4 Å². The Labute approximate surface area is 139 Å². The number of hydrogen-bond acceptors (Lipinski definition) is 5. The highest BCUT2D eigenvalue weighted by molar-refractivity contribution is 7.89. The number of carboxylic acids is 1. The third kappa shape index (κ3) is 3.02. The molecule has 2 fully saturated rings. The maximum Gasteiger partial charge on any atom is 0.335 e. The van der Waals surface area contributed by atoms with E-state index in [1.807, 2.05) is 0 Å². The maximum atomic E-state index is 12.8. The van der Waals surface area contributed by atoms with Crippen molar-refractivity contribution in [3.05, 3.63) is 29.3 Å². The van der Waals surface area contributed by atoms with E-state index in [1.54, 1.807) is 6.92 Å². The van der Waals surface area contributed by atoms with E-state index in [0.29, 0.717) is 18.5 Å². The molecule has 2 aliphatic rings. The van der Waals surface area contributed by atoms with Crippen LogP contribution < -0.4 is 5.32 Å². The number of nitrogens with one attached hydrogen (secondary N) is 1. The van der Waals surface area contributed by atoms with E-state index in [-0.39, 0.29) is 41.7 Å². The summed E-state index contributed by atoms with van der Waals surface area (Å²) < 4.78 is 32.3. The van der Waals surface area contributed by atoms with Crippen molar-refractivity contribution in [2.24, 2.45) is 0 Å². The first-order chi connectivity index (χ1) is 11.3. The minimum atomic E-state index is -3.76. The highest BCUT2D eigenvalue weighted by Crippen LogP contribution is 2.25. The molecule has 9 heteroatoms. The Morgan fingerprint density at radius 3 is 2.83 bits per heavy atom. The first kappa shape index (κ1) is 16.9. The number of hydrogen-bond donors (Lipinski definition) is 2. The molecule has 0 radical (unpaired) electrons. The summed E-state index contributed by atoms with van der Waals surface area (Å²) in [5.41, 5.74) is 0.452. The Hall–Kier alpha value is -1.97. The van der Waals surface area contributed by atoms with Crippen LogP contribution in [0.15, 0.2) is 23.1 Å². The van der Waals surface area contributed by atoms with Gasteiger partial charge in [0.15, 0.2) is 0 Å². The highest BCUT2D eigenvalue weighted by Gasteiger charge is 2.39. The lowest BCUT2D eigenvalue weighted by molar-refractivity contribution is -0.139. The highest BCUT2D eigenvalue weighted by atomic mass is 32.2. The first-order valence-electron chi connectivity index (χ1n) is 7.54. The summed E-state index contributed by atoms with van der Waals surface area (Å²) in [6, 6.07) is 3.59. The number of carboxylic acid groups (broad SMARTS) is 1. The van der Waals surface area contributed by atoms with Crippen molar-refractivity contribution in [2.75, 3.05) is 19.7 Å². The fraction of sp³-hybridized carbons (Fsp3) is 0.467. The molecule has 2 saturated heterocycles. The van der Waals surface area contributed by atoms with Crippen molar-refractivity contribution in [1.82, 2.24) is 9.62 Å². The van der Waals surface area contributed by atoms with Gasteiger partial charge in [0.1, 0.15) is 6.61 Å². The lowest BCUT2D eigenvalue weighted by Gasteiger charge is -2.40. The number of aromatic carboxylic acids is 1. The van der Waals surface area contributed by atoms with Gasteiger partial charge in [-0.2, -0.15) is 4.31 Å². The molecule has 2 aliphatic heterocycles. The van der Waals surface area contributed by atoms with E-state index >= 15 is 0 Å². The van der Waals surface area contributed by atoms with Gasteiger partial charge in [0.05, 0.1) is 22.6 Å². The van der Waals surface area contributed by atoms with E-state index in [9.17, 15) is 18.0 Å². The number of nitrogens with zero attached hydrogens (tertiary/aromatic N) is 1. The number of piperidine rings is 1. The summed E-state index contributed by atoms with van der Waals surface area (Å²) >= 11 is 0. The van der Waals surface area contributed by atoms with Crippen molar-refractivity contribution in [3.8, 4) is 0 Å². The van der Waals surface area contributed by atoms with Gasteiger partial charge in [-0.05, 0) is 37.1 Å². The molecule has 8 nitrogen and oxygen atoms in total. The molecule has 2 N–H and O–H groups in total. The lowest BCUT2D eigenvalue weighted by Crippen LogP contribution is -2.60. The van der Waals surface area contributed by atoms with Gasteiger partial charge < -0.3 is 15.2 Å². The van der Waals surface area contributed by atoms with Crippen molar-refractivity contribution < 1.29 is 27.9 Å². The van der Waals surface area contributed by atoms with Crippen molar-refractivity contribution in [3.63, 3.8) is 0 Å². The number of carbonyl (C=O) groups excluding carboxylic acids is 1. The second kappa shape index (κ2) is 6.15. The molecule has 1 amide bonds. The second-order valence-electron chi connectivity index (χ2n) is 5.96. The van der Waals surface area contributed by atoms with Crippen LogP contribution in [0.1, 0.15) is 22.3 Å². The van der Waals surface area contributed by atoms with Gasteiger partial charge in [0.25, 0.3) is 0 Å². The number of fused-ring (bicyclic) bond motifs is 1. The van der Waals surface area contributed by atoms with E-state index in [0.717, 1.165) is 0 Å². The quantitative estimate of drug-likeness (QED) is 0.788. The van der Waals surface area contributed by atoms with Gasteiger partial charge >= 0.3 is 5.97 Å². The van der Waals surface area contributed by atoms with Crippen molar-refractivity contribution >= 4 is 21.9 Å². The van der Waals surface area contributed by atoms with Crippen LogP contribution in [0.4, 0.5) is 0 Å². The molecule has 0 aliphatic carbocycles. The lowest BCUT2D eigenvalue weighted by atomic mass is 10.0. The fourth-order valence-electron chi connectivity index (χ4n) is 3.07. The van der Waals surface area contributed by atoms with Gasteiger partial charge in [-0.1, -0.05) is 0 Å². The Morgan fingerprint density at radius 2 is 2.17 bits per heavy atom. The largest absolute Gasteiger partial charge is 0.478 e. The number of morpholine rings is 1. The van der Waals surface area contributed by atoms with E-state index in [1.165, 1.54) is 22.5 Å². The smallest absolute Gasteiger partial charge is 0.335 e. The maximum absolute atomic E-state index is 12.8. The van der Waals surface area contributed by atoms with Gasteiger partial charge in [-0.25, -0.2) is 13.2 Å². The topological polar surface area (TPSA) is 113 Å². The molecule has 1 aromatic carbocycles. The Kier molecular flexibility index (Phi) is 4.33. The number of sulfonamides is 1. The van der Waals surface area contributed by atoms with Crippen LogP contribution in [0.25, 0.3) is 0 Å². The SMILES string of the molecule is Cc1cc(S(=O)(=O)N2CC[C@@H]3OCC(=O)N[C@H]3C2)ccc1C(=O)O. The van der Waals surface area contributed by atoms with Crippen LogP contribution in [0, 0.1) is 6.92 Å². The van der Waals surface area contributed by atoms with Gasteiger partial charge in [0.2, 0.25) is 15.9 Å². The zero-order valence-corrected chi connectivity index (χ0v) is 13.9. The van der Waals surface area contributed by atoms with E-state index in [2.05, 4.69) is 5.32 Å². The van der Waals surface area contributed by atoms with Crippen LogP contribution in [-0.2, 0) is 19.6 Å². The van der Waals surface area contributed by atoms with Crippen LogP contribution in [-0.4, -0.2) is 61.5 Å². The molecule has 0 unspecified atom stereocenters. The zero-order chi connectivity index (χ0) is 17.5. The summed E-state index contributed by atoms with van der Waals surface area (Å²) in [6.07, 6.45) is 0.321. The van der Waals surface area contributed by atoms with Gasteiger partial charge in [-0.15, -0.1) is 0 Å². The molecule has 0 bridgehead atoms. The average molecular weight is 354 g/mol. The molecule has 1 aromatic rings. The molecule has 0 saturated carbocycles. The standard InChI is InChI=1S/C15H18N2O6S/c1-9-6-10(2-3-11(9)15(19)20)24(21,22)17-5-4-13-12(7-17)16-14(18)8-23-13/h2-3,6,12-13H,4-5,7-8H2,1H3,(H,16,18)(H,19,20)/t12-,13-/m0/s1. The molecule has 24 heavy (non-hydrogen) atoms.